The number of thiazole rings is 1. The van der Waals surface area contributed by atoms with Gasteiger partial charge in [0.1, 0.15) is 0 Å². The van der Waals surface area contributed by atoms with Gasteiger partial charge in [0.2, 0.25) is 5.91 Å². The molecule has 6 heteroatoms. The Kier molecular flexibility index (Phi) is 5.68. The van der Waals surface area contributed by atoms with Crippen molar-refractivity contribution >= 4 is 34.0 Å². The predicted octanol–water partition coefficient (Wildman–Crippen LogP) is 4.90. The van der Waals surface area contributed by atoms with Gasteiger partial charge in [0.15, 0.2) is 5.13 Å². The Bertz CT molecular complexity index is 1100. The number of aromatic nitrogens is 1. The van der Waals surface area contributed by atoms with Crippen molar-refractivity contribution < 1.29 is 9.59 Å². The van der Waals surface area contributed by atoms with Gasteiger partial charge in [-0.2, -0.15) is 0 Å². The van der Waals surface area contributed by atoms with Crippen LogP contribution in [0.3, 0.4) is 0 Å². The van der Waals surface area contributed by atoms with Crippen molar-refractivity contribution in [1.29, 1.82) is 0 Å². The summed E-state index contributed by atoms with van der Waals surface area (Å²) in [7, 11) is 0. The first kappa shape index (κ1) is 20.3. The summed E-state index contributed by atoms with van der Waals surface area (Å²) in [6.07, 6.45) is 2.06. The quantitative estimate of drug-likeness (QED) is 0.640. The zero-order chi connectivity index (χ0) is 21.3. The highest BCUT2D eigenvalue weighted by Gasteiger charge is 2.24. The number of rotatable bonds is 5. The highest BCUT2D eigenvalue weighted by molar-refractivity contribution is 7.15. The molecule has 0 spiro atoms. The summed E-state index contributed by atoms with van der Waals surface area (Å²) in [6, 6.07) is 14.0. The molecule has 0 saturated carbocycles. The molecule has 0 unspecified atom stereocenters. The molecular weight excluding hydrogens is 394 g/mol. The van der Waals surface area contributed by atoms with Crippen molar-refractivity contribution in [1.82, 2.24) is 4.98 Å². The van der Waals surface area contributed by atoms with Gasteiger partial charge in [-0.15, -0.1) is 11.3 Å². The average Bonchev–Trinajstić information content (AvgIpc) is 3.31. The van der Waals surface area contributed by atoms with E-state index in [4.69, 9.17) is 0 Å². The minimum atomic E-state index is -0.172. The van der Waals surface area contributed by atoms with Crippen molar-refractivity contribution in [3.63, 3.8) is 0 Å². The van der Waals surface area contributed by atoms with Gasteiger partial charge in [-0.05, 0) is 49.6 Å². The highest BCUT2D eigenvalue weighted by atomic mass is 32.1. The molecule has 0 bridgehead atoms. The first-order valence-corrected chi connectivity index (χ1v) is 11.0. The molecule has 2 heterocycles. The van der Waals surface area contributed by atoms with Crippen LogP contribution in [-0.4, -0.2) is 23.3 Å². The highest BCUT2D eigenvalue weighted by Crippen LogP contribution is 2.30. The maximum Gasteiger partial charge on any atom is 0.257 e. The van der Waals surface area contributed by atoms with Crippen LogP contribution in [0, 0.1) is 13.8 Å². The number of carbonyl (C=O) groups excluding carboxylic acids is 2. The van der Waals surface area contributed by atoms with Gasteiger partial charge in [-0.25, -0.2) is 4.98 Å². The number of hydrogen-bond acceptors (Lipinski definition) is 4. The third-order valence-corrected chi connectivity index (χ3v) is 6.51. The van der Waals surface area contributed by atoms with Crippen molar-refractivity contribution in [2.75, 3.05) is 16.8 Å². The van der Waals surface area contributed by atoms with Crippen LogP contribution in [0.5, 0.6) is 0 Å². The van der Waals surface area contributed by atoms with Crippen LogP contribution in [0.15, 0.2) is 42.5 Å². The monoisotopic (exact) mass is 419 g/mol. The van der Waals surface area contributed by atoms with Gasteiger partial charge in [-0.3, -0.25) is 14.9 Å². The van der Waals surface area contributed by atoms with Crippen LogP contribution < -0.4 is 10.2 Å². The number of carbonyl (C=O) groups is 2. The van der Waals surface area contributed by atoms with E-state index in [0.717, 1.165) is 34.7 Å². The van der Waals surface area contributed by atoms with Crippen molar-refractivity contribution in [3.05, 3.63) is 75.3 Å². The summed E-state index contributed by atoms with van der Waals surface area (Å²) in [5.41, 5.74) is 5.97. The number of nitrogens with one attached hydrogen (secondary N) is 1. The molecule has 1 aromatic heterocycles. The molecule has 5 nitrogen and oxygen atoms in total. The van der Waals surface area contributed by atoms with Gasteiger partial charge in [0.25, 0.3) is 5.91 Å². The normalized spacial score (nSPS) is 12.7. The third kappa shape index (κ3) is 4.14. The topological polar surface area (TPSA) is 62.3 Å². The second-order valence-corrected chi connectivity index (χ2v) is 8.72. The average molecular weight is 420 g/mol. The zero-order valence-electron chi connectivity index (χ0n) is 17.5. The van der Waals surface area contributed by atoms with Gasteiger partial charge in [0, 0.05) is 35.5 Å². The summed E-state index contributed by atoms with van der Waals surface area (Å²) < 4.78 is 0. The molecule has 0 aliphatic carbocycles. The maximum absolute atomic E-state index is 12.8. The van der Waals surface area contributed by atoms with Gasteiger partial charge in [0.05, 0.1) is 5.69 Å². The largest absolute Gasteiger partial charge is 0.312 e. The summed E-state index contributed by atoms with van der Waals surface area (Å²) in [5, 5.41) is 3.55. The second-order valence-electron chi connectivity index (χ2n) is 7.64. The fraction of sp³-hybridized carbons (Fsp3) is 0.292. The molecule has 1 aliphatic rings. The SMILES string of the molecule is CCC(=O)N1CCc2cc(C(=O)Nc3nc(C)c(Cc4ccc(C)cc4)s3)ccc21. The molecule has 2 amide bonds. The minimum absolute atomic E-state index is 0.116. The van der Waals surface area contributed by atoms with E-state index in [0.29, 0.717) is 23.7 Å². The second kappa shape index (κ2) is 8.40. The number of anilines is 2. The number of benzene rings is 2. The number of hydrogen-bond donors (Lipinski definition) is 1. The molecule has 1 aliphatic heterocycles. The maximum atomic E-state index is 12.8. The summed E-state index contributed by atoms with van der Waals surface area (Å²) in [5.74, 6) is -0.0565. The van der Waals surface area contributed by atoms with E-state index in [1.54, 1.807) is 11.0 Å². The molecule has 4 rings (SSSR count). The Morgan fingerprint density at radius 1 is 1.13 bits per heavy atom. The van der Waals surface area contributed by atoms with Crippen LogP contribution in [-0.2, 0) is 17.6 Å². The summed E-state index contributed by atoms with van der Waals surface area (Å²) in [6.45, 7) is 6.60. The van der Waals surface area contributed by atoms with E-state index in [9.17, 15) is 9.59 Å². The van der Waals surface area contributed by atoms with E-state index in [1.807, 2.05) is 26.0 Å². The van der Waals surface area contributed by atoms with E-state index >= 15 is 0 Å². The Labute approximate surface area is 180 Å². The minimum Gasteiger partial charge on any atom is -0.312 e. The first-order chi connectivity index (χ1) is 14.4. The van der Waals surface area contributed by atoms with E-state index in [1.165, 1.54) is 22.5 Å². The van der Waals surface area contributed by atoms with Gasteiger partial charge < -0.3 is 4.90 Å². The molecule has 0 fully saturated rings. The molecule has 30 heavy (non-hydrogen) atoms. The van der Waals surface area contributed by atoms with Gasteiger partial charge >= 0.3 is 0 Å². The Morgan fingerprint density at radius 2 is 1.90 bits per heavy atom. The third-order valence-electron chi connectivity index (χ3n) is 5.44. The standard InChI is InChI=1S/C24H25N3O2S/c1-4-22(28)27-12-11-18-14-19(9-10-20(18)27)23(29)26-24-25-16(3)21(30-24)13-17-7-5-15(2)6-8-17/h5-10,14H,4,11-13H2,1-3H3,(H,25,26,29). The molecule has 0 saturated heterocycles. The first-order valence-electron chi connectivity index (χ1n) is 10.2. The lowest BCUT2D eigenvalue weighted by Crippen LogP contribution is -2.27. The smallest absolute Gasteiger partial charge is 0.257 e. The number of fused-ring (bicyclic) bond motifs is 1. The van der Waals surface area contributed by atoms with Crippen molar-refractivity contribution in [2.24, 2.45) is 0 Å². The van der Waals surface area contributed by atoms with Crippen LogP contribution in [0.2, 0.25) is 0 Å². The zero-order valence-corrected chi connectivity index (χ0v) is 18.3. The lowest BCUT2D eigenvalue weighted by molar-refractivity contribution is -0.118. The van der Waals surface area contributed by atoms with E-state index < -0.39 is 0 Å². The molecule has 1 N–H and O–H groups in total. The molecule has 3 aromatic rings. The van der Waals surface area contributed by atoms with Crippen LogP contribution >= 0.6 is 11.3 Å². The predicted molar refractivity (Wildman–Crippen MR) is 122 cm³/mol. The fourth-order valence-corrected chi connectivity index (χ4v) is 4.69. The lowest BCUT2D eigenvalue weighted by Gasteiger charge is -2.16. The van der Waals surface area contributed by atoms with E-state index in [2.05, 4.69) is 41.5 Å². The van der Waals surface area contributed by atoms with Crippen LogP contribution in [0.1, 0.15) is 51.0 Å². The van der Waals surface area contributed by atoms with Crippen molar-refractivity contribution in [2.45, 2.75) is 40.0 Å². The molecule has 0 radical (unpaired) electrons. The fourth-order valence-electron chi connectivity index (χ4n) is 3.70. The Balaban J connectivity index is 1.47. The summed E-state index contributed by atoms with van der Waals surface area (Å²) in [4.78, 5) is 32.3. The van der Waals surface area contributed by atoms with Crippen molar-refractivity contribution in [3.8, 4) is 0 Å². The van der Waals surface area contributed by atoms with Crippen LogP contribution in [0.4, 0.5) is 10.8 Å². The number of nitrogens with zero attached hydrogens (tertiary/aromatic N) is 2. The molecule has 0 atom stereocenters. The van der Waals surface area contributed by atoms with Crippen LogP contribution in [0.25, 0.3) is 0 Å². The van der Waals surface area contributed by atoms with Gasteiger partial charge in [-0.1, -0.05) is 36.8 Å². The number of amides is 2. The Morgan fingerprint density at radius 3 is 2.63 bits per heavy atom. The molecule has 154 valence electrons. The number of aryl methyl sites for hydroxylation is 2. The lowest BCUT2D eigenvalue weighted by atomic mass is 10.1. The molecule has 2 aromatic carbocycles. The Hall–Kier alpha value is -2.99. The van der Waals surface area contributed by atoms with E-state index in [-0.39, 0.29) is 11.8 Å². The summed E-state index contributed by atoms with van der Waals surface area (Å²) >= 11 is 1.52. The molecular formula is C24H25N3O2S.